The van der Waals surface area contributed by atoms with E-state index in [9.17, 15) is 9.90 Å². The number of anilines is 1. The van der Waals surface area contributed by atoms with E-state index in [1.165, 1.54) is 34.4 Å². The maximum atomic E-state index is 12.9. The molecule has 3 aliphatic carbocycles. The minimum Gasteiger partial charge on any atom is -0.493 e. The van der Waals surface area contributed by atoms with Gasteiger partial charge in [0.15, 0.2) is 11.5 Å². The molecule has 254 valence electrons. The van der Waals surface area contributed by atoms with Crippen molar-refractivity contribution in [3.8, 4) is 17.2 Å². The smallest absolute Gasteiger partial charge is 0.329 e. The predicted octanol–water partition coefficient (Wildman–Crippen LogP) is 7.48. The number of ether oxygens (including phenoxy) is 3. The summed E-state index contributed by atoms with van der Waals surface area (Å²) in [6, 6.07) is 13.7. The third kappa shape index (κ3) is 6.14. The molecule has 1 saturated carbocycles. The molecule has 9 heteroatoms. The number of aryl methyl sites for hydroxylation is 1. The van der Waals surface area contributed by atoms with Crippen LogP contribution in [0.1, 0.15) is 80.7 Å². The summed E-state index contributed by atoms with van der Waals surface area (Å²) in [7, 11) is 1.91. The lowest BCUT2D eigenvalue weighted by molar-refractivity contribution is -0.143. The van der Waals surface area contributed by atoms with Crippen LogP contribution in [0.25, 0.3) is 0 Å². The van der Waals surface area contributed by atoms with Crippen molar-refractivity contribution in [1.29, 1.82) is 0 Å². The zero-order chi connectivity index (χ0) is 33.5. The van der Waals surface area contributed by atoms with Gasteiger partial charge < -0.3 is 30.0 Å². The zero-order valence-corrected chi connectivity index (χ0v) is 28.9. The molecule has 1 fully saturated rings. The molecule has 1 aromatic heterocycles. The number of hydrogen-bond acceptors (Lipinski definition) is 7. The first-order valence-corrected chi connectivity index (χ1v) is 17.8. The monoisotopic (exact) mass is 671 g/mol. The van der Waals surface area contributed by atoms with E-state index in [2.05, 4.69) is 47.7 Å². The fraction of sp³-hybridized carbons (Fsp3) is 0.487. The highest BCUT2D eigenvalue weighted by Crippen LogP contribution is 2.56. The Labute approximate surface area is 288 Å². The molecule has 3 N–H and O–H groups in total. The van der Waals surface area contributed by atoms with Crippen molar-refractivity contribution in [3.05, 3.63) is 87.7 Å². The van der Waals surface area contributed by atoms with Gasteiger partial charge in [-0.05, 0) is 112 Å². The third-order valence-corrected chi connectivity index (χ3v) is 11.2. The number of allylic oxidation sites excluding steroid dienone is 1. The molecular weight excluding hydrogens is 626 g/mol. The van der Waals surface area contributed by atoms with E-state index in [0.29, 0.717) is 56.4 Å². The molecule has 3 aromatic rings. The van der Waals surface area contributed by atoms with Gasteiger partial charge in [0.2, 0.25) is 0 Å². The Balaban J connectivity index is 1.19. The van der Waals surface area contributed by atoms with E-state index < -0.39 is 11.5 Å². The Bertz CT molecular complexity index is 1720. The summed E-state index contributed by atoms with van der Waals surface area (Å²) < 4.78 is 19.1. The number of hydrogen-bond donors (Lipinski definition) is 3. The van der Waals surface area contributed by atoms with Crippen molar-refractivity contribution in [3.63, 3.8) is 0 Å². The van der Waals surface area contributed by atoms with Crippen LogP contribution in [0.3, 0.4) is 0 Å². The topological polar surface area (TPSA) is 102 Å². The van der Waals surface area contributed by atoms with E-state index in [4.69, 9.17) is 25.8 Å². The van der Waals surface area contributed by atoms with Gasteiger partial charge >= 0.3 is 5.97 Å². The molecule has 1 spiro atoms. The van der Waals surface area contributed by atoms with Crippen LogP contribution in [0.2, 0.25) is 5.02 Å². The van der Waals surface area contributed by atoms with Gasteiger partial charge in [-0.3, -0.25) is 4.98 Å². The average molecular weight is 672 g/mol. The lowest BCUT2D eigenvalue weighted by Crippen LogP contribution is -2.52. The number of nitrogens with zero attached hydrogens (tertiary/aromatic N) is 1. The Morgan fingerprint density at radius 1 is 1.19 bits per heavy atom. The Kier molecular flexibility index (Phi) is 9.07. The number of likely N-dealkylation sites (N-methyl/N-ethyl adjacent to an activating group) is 1. The largest absolute Gasteiger partial charge is 0.493 e. The number of carbonyl (C=O) groups is 1. The maximum absolute atomic E-state index is 12.9. The molecule has 0 bridgehead atoms. The maximum Gasteiger partial charge on any atom is 0.329 e. The Hall–Kier alpha value is -3.75. The second-order valence-corrected chi connectivity index (χ2v) is 14.7. The highest BCUT2D eigenvalue weighted by Gasteiger charge is 2.52. The van der Waals surface area contributed by atoms with Crippen molar-refractivity contribution in [2.75, 3.05) is 32.1 Å². The molecule has 2 heterocycles. The van der Waals surface area contributed by atoms with Crippen LogP contribution in [0.5, 0.6) is 17.2 Å². The Morgan fingerprint density at radius 2 is 2.02 bits per heavy atom. The van der Waals surface area contributed by atoms with Gasteiger partial charge in [0.1, 0.15) is 24.0 Å². The molecule has 7 rings (SSSR count). The SMILES string of the molecule is CNC[C@H]1COc2cc3c(cc2O1)C1(CCC(Nc2cccc(Cl)c2)(C(=O)O)CC1)/C(=C/[C@@H](C)COc1ccnc2c1[C@H](C)CCC2)C3. The van der Waals surface area contributed by atoms with Crippen molar-refractivity contribution >= 4 is 23.3 Å². The second-order valence-electron chi connectivity index (χ2n) is 14.3. The normalized spacial score (nSPS) is 27.3. The summed E-state index contributed by atoms with van der Waals surface area (Å²) >= 11 is 6.27. The minimum atomic E-state index is -1.10. The van der Waals surface area contributed by atoms with Crippen LogP contribution >= 0.6 is 11.6 Å². The van der Waals surface area contributed by atoms with Crippen LogP contribution in [-0.4, -0.2) is 54.5 Å². The number of nitrogens with one attached hydrogen (secondary N) is 2. The standard InChI is InChI=1S/C39H46ClN3O5/c1-24(22-46-33-10-15-42-32-9-4-6-25(2)36(32)33)16-27-17-26-18-34-35(48-30(21-41-3)23-47-34)20-31(26)38(27)11-13-39(14-12-38,37(44)45)43-29-8-5-7-28(40)19-29/h5,7-8,10,15-16,18-20,24-25,30,41,43H,4,6,9,11-14,17,21-23H2,1-3H3,(H,44,45)/b27-16+/t24-,25-,30+,38?,39?/m1/s1. The van der Waals surface area contributed by atoms with Crippen LogP contribution in [0, 0.1) is 5.92 Å². The zero-order valence-electron chi connectivity index (χ0n) is 28.1. The lowest BCUT2D eigenvalue weighted by atomic mass is 9.62. The molecule has 0 unspecified atom stereocenters. The summed E-state index contributed by atoms with van der Waals surface area (Å²) in [4.78, 5) is 17.6. The molecule has 0 saturated heterocycles. The van der Waals surface area contributed by atoms with E-state index in [1.807, 2.05) is 31.4 Å². The molecule has 3 atom stereocenters. The lowest BCUT2D eigenvalue weighted by Gasteiger charge is -2.45. The van der Waals surface area contributed by atoms with E-state index in [0.717, 1.165) is 42.2 Å². The van der Waals surface area contributed by atoms with Gasteiger partial charge in [0.25, 0.3) is 0 Å². The van der Waals surface area contributed by atoms with Gasteiger partial charge in [-0.25, -0.2) is 4.79 Å². The van der Waals surface area contributed by atoms with E-state index >= 15 is 0 Å². The summed E-state index contributed by atoms with van der Waals surface area (Å²) in [6.45, 7) is 6.24. The van der Waals surface area contributed by atoms with Gasteiger partial charge in [-0.15, -0.1) is 0 Å². The molecular formula is C39H46ClN3O5. The van der Waals surface area contributed by atoms with Crippen molar-refractivity contribution in [2.45, 2.75) is 88.2 Å². The summed E-state index contributed by atoms with van der Waals surface area (Å²) in [6.07, 6.45) is 10.6. The van der Waals surface area contributed by atoms with Crippen molar-refractivity contribution < 1.29 is 24.1 Å². The van der Waals surface area contributed by atoms with Gasteiger partial charge in [0, 0.05) is 46.0 Å². The number of pyridine rings is 1. The molecule has 1 aliphatic heterocycles. The van der Waals surface area contributed by atoms with E-state index in [1.54, 1.807) is 12.1 Å². The number of halogens is 1. The quantitative estimate of drug-likeness (QED) is 0.201. The average Bonchev–Trinajstić information content (AvgIpc) is 3.34. The van der Waals surface area contributed by atoms with Crippen LogP contribution in [0.15, 0.2) is 60.3 Å². The molecule has 2 aromatic carbocycles. The van der Waals surface area contributed by atoms with Crippen LogP contribution in [0.4, 0.5) is 5.69 Å². The Morgan fingerprint density at radius 3 is 2.79 bits per heavy atom. The first-order valence-electron chi connectivity index (χ1n) is 17.4. The summed E-state index contributed by atoms with van der Waals surface area (Å²) in [5.74, 6) is 2.25. The fourth-order valence-corrected chi connectivity index (χ4v) is 8.69. The highest BCUT2D eigenvalue weighted by molar-refractivity contribution is 6.30. The number of carboxylic acid groups (broad SMARTS) is 1. The number of aromatic nitrogens is 1. The predicted molar refractivity (Wildman–Crippen MR) is 188 cm³/mol. The molecule has 8 nitrogen and oxygen atoms in total. The summed E-state index contributed by atoms with van der Waals surface area (Å²) in [5, 5.41) is 17.7. The molecule has 48 heavy (non-hydrogen) atoms. The number of carboxylic acids is 1. The van der Waals surface area contributed by atoms with Crippen molar-refractivity contribution in [2.24, 2.45) is 5.92 Å². The minimum absolute atomic E-state index is 0.0698. The second kappa shape index (κ2) is 13.3. The van der Waals surface area contributed by atoms with Crippen LogP contribution in [-0.2, 0) is 23.1 Å². The van der Waals surface area contributed by atoms with Crippen LogP contribution < -0.4 is 24.8 Å². The third-order valence-electron chi connectivity index (χ3n) is 11.0. The fourth-order valence-electron chi connectivity index (χ4n) is 8.50. The van der Waals surface area contributed by atoms with Gasteiger partial charge in [0.05, 0.1) is 6.61 Å². The molecule has 0 amide bonds. The highest BCUT2D eigenvalue weighted by atomic mass is 35.5. The first-order chi connectivity index (χ1) is 23.2. The first kappa shape index (κ1) is 32.8. The number of fused-ring (bicyclic) bond motifs is 4. The van der Waals surface area contributed by atoms with Crippen molar-refractivity contribution in [1.82, 2.24) is 10.3 Å². The van der Waals surface area contributed by atoms with Gasteiger partial charge in [-0.1, -0.05) is 43.2 Å². The molecule has 4 aliphatic rings. The molecule has 0 radical (unpaired) electrons. The number of aliphatic carboxylic acids is 1. The number of rotatable bonds is 9. The summed E-state index contributed by atoms with van der Waals surface area (Å²) in [5.41, 5.74) is 5.54. The van der Waals surface area contributed by atoms with Gasteiger partial charge in [-0.2, -0.15) is 0 Å². The van der Waals surface area contributed by atoms with E-state index in [-0.39, 0.29) is 17.4 Å². The number of benzene rings is 2.